The Hall–Kier alpha value is -4.23. The molecule has 2 aliphatic rings. The highest BCUT2D eigenvalue weighted by atomic mass is 19.4. The molecule has 0 aliphatic carbocycles. The first-order chi connectivity index (χ1) is 20.9. The number of carbonyl (C=O) groups excluding carboxylic acids is 1. The van der Waals surface area contributed by atoms with E-state index < -0.39 is 60.5 Å². The number of nitrogens with one attached hydrogen (secondary N) is 1. The Morgan fingerprint density at radius 1 is 1.18 bits per heavy atom. The van der Waals surface area contributed by atoms with Gasteiger partial charge in [0.05, 0.1) is 43.3 Å². The quantitative estimate of drug-likeness (QED) is 0.173. The van der Waals surface area contributed by atoms with Crippen molar-refractivity contribution in [3.63, 3.8) is 0 Å². The lowest BCUT2D eigenvalue weighted by atomic mass is 9.91. The average Bonchev–Trinajstić information content (AvgIpc) is 3.77. The molecule has 44 heavy (non-hydrogen) atoms. The fourth-order valence-electron chi connectivity index (χ4n) is 5.30. The van der Waals surface area contributed by atoms with Gasteiger partial charge in [0.2, 0.25) is 5.91 Å². The van der Waals surface area contributed by atoms with E-state index in [1.54, 1.807) is 0 Å². The van der Waals surface area contributed by atoms with Crippen molar-refractivity contribution < 1.29 is 47.1 Å². The number of nitrogens with two attached hydrogens (primary N) is 1. The van der Waals surface area contributed by atoms with Gasteiger partial charge in [0.1, 0.15) is 24.1 Å². The number of aromatic nitrogens is 6. The number of ether oxygens (including phenoxy) is 2. The van der Waals surface area contributed by atoms with Crippen molar-refractivity contribution in [3.05, 3.63) is 59.4 Å². The third-order valence-electron chi connectivity index (χ3n) is 7.48. The number of benzene rings is 1. The van der Waals surface area contributed by atoms with Gasteiger partial charge >= 0.3 is 6.18 Å². The molecule has 2 saturated heterocycles. The van der Waals surface area contributed by atoms with Crippen LogP contribution in [-0.4, -0.2) is 94.7 Å². The van der Waals surface area contributed by atoms with Gasteiger partial charge in [-0.25, -0.2) is 14.1 Å². The van der Waals surface area contributed by atoms with Crippen molar-refractivity contribution >= 4 is 22.9 Å². The number of aliphatic hydroxyl groups is 3. The van der Waals surface area contributed by atoms with E-state index in [0.717, 1.165) is 10.7 Å². The number of fused-ring (bicyclic) bond motifs is 1. The molecule has 4 aromatic rings. The van der Waals surface area contributed by atoms with Gasteiger partial charge in [-0.1, -0.05) is 0 Å². The number of halogens is 4. The summed E-state index contributed by atoms with van der Waals surface area (Å²) in [6, 6.07) is 1.61. The van der Waals surface area contributed by atoms with Crippen LogP contribution in [-0.2, 0) is 20.4 Å². The molecule has 2 aliphatic heterocycles. The van der Waals surface area contributed by atoms with E-state index in [-0.39, 0.29) is 40.1 Å². The minimum absolute atomic E-state index is 0.0376. The molecule has 6 rings (SSSR count). The Labute approximate surface area is 245 Å². The summed E-state index contributed by atoms with van der Waals surface area (Å²) in [6.07, 6.45) is -5.53. The highest BCUT2D eigenvalue weighted by Gasteiger charge is 2.44. The Balaban J connectivity index is 1.43. The Kier molecular flexibility index (Phi) is 7.70. The van der Waals surface area contributed by atoms with E-state index in [0.29, 0.717) is 31.8 Å². The second kappa shape index (κ2) is 11.4. The first-order valence-corrected chi connectivity index (χ1v) is 13.4. The van der Waals surface area contributed by atoms with E-state index in [1.807, 2.05) is 0 Å². The second-order valence-corrected chi connectivity index (χ2v) is 10.5. The average molecular weight is 623 g/mol. The third kappa shape index (κ3) is 5.45. The smallest absolute Gasteiger partial charge is 0.394 e. The zero-order valence-corrected chi connectivity index (χ0v) is 22.6. The first-order valence-electron chi connectivity index (χ1n) is 13.4. The summed E-state index contributed by atoms with van der Waals surface area (Å²) in [5, 5.41) is 37.8. The molecule has 0 radical (unpaired) electrons. The molecule has 18 heteroatoms. The fourth-order valence-corrected chi connectivity index (χ4v) is 5.30. The van der Waals surface area contributed by atoms with E-state index in [2.05, 4.69) is 25.4 Å². The lowest BCUT2D eigenvalue weighted by Crippen LogP contribution is -2.33. The van der Waals surface area contributed by atoms with Gasteiger partial charge < -0.3 is 35.8 Å². The van der Waals surface area contributed by atoms with Crippen molar-refractivity contribution in [2.24, 2.45) is 5.73 Å². The van der Waals surface area contributed by atoms with Gasteiger partial charge in [-0.2, -0.15) is 28.2 Å². The largest absolute Gasteiger partial charge is 0.416 e. The lowest BCUT2D eigenvalue weighted by Gasteiger charge is -2.17. The van der Waals surface area contributed by atoms with Crippen LogP contribution in [0.15, 0.2) is 36.9 Å². The SMILES string of the molecule is NC(=O)C(c1cc(F)cc(C(F)(F)F)c1)c1cnn(-c2nc(N[C@@H]3CCOC3)c3ncn([C@@H]4O[C@H](CO)[C@H](O)[C@H]4O)c3n2)c1. The zero-order valence-electron chi connectivity index (χ0n) is 22.6. The highest BCUT2D eigenvalue weighted by Crippen LogP contribution is 2.35. The van der Waals surface area contributed by atoms with Gasteiger partial charge in [-0.3, -0.25) is 9.36 Å². The summed E-state index contributed by atoms with van der Waals surface area (Å²) in [7, 11) is 0. The van der Waals surface area contributed by atoms with Crippen molar-refractivity contribution in [3.8, 4) is 5.95 Å². The zero-order chi connectivity index (χ0) is 31.3. The van der Waals surface area contributed by atoms with Crippen molar-refractivity contribution in [2.45, 2.75) is 49.1 Å². The normalized spacial score (nSPS) is 24.7. The van der Waals surface area contributed by atoms with E-state index in [9.17, 15) is 37.7 Å². The lowest BCUT2D eigenvalue weighted by molar-refractivity contribution is -0.138. The van der Waals surface area contributed by atoms with Gasteiger partial charge in [-0.15, -0.1) is 0 Å². The minimum Gasteiger partial charge on any atom is -0.394 e. The number of imidazole rings is 1. The molecule has 1 aromatic carbocycles. The van der Waals surface area contributed by atoms with E-state index >= 15 is 0 Å². The monoisotopic (exact) mass is 622 g/mol. The Morgan fingerprint density at radius 2 is 1.98 bits per heavy atom. The molecular formula is C26H26F4N8O6. The van der Waals surface area contributed by atoms with Crippen molar-refractivity contribution in [2.75, 3.05) is 25.1 Å². The number of amides is 1. The maximum Gasteiger partial charge on any atom is 0.416 e. The number of hydrogen-bond donors (Lipinski definition) is 5. The summed E-state index contributed by atoms with van der Waals surface area (Å²) in [5.41, 5.74) is 4.37. The van der Waals surface area contributed by atoms with Gasteiger partial charge in [0.15, 0.2) is 23.2 Å². The number of aliphatic hydroxyl groups excluding tert-OH is 3. The molecule has 2 fully saturated rings. The molecular weight excluding hydrogens is 596 g/mol. The van der Waals surface area contributed by atoms with Gasteiger partial charge in [0.25, 0.3) is 5.95 Å². The molecule has 234 valence electrons. The predicted molar refractivity (Wildman–Crippen MR) is 141 cm³/mol. The molecule has 1 unspecified atom stereocenters. The maximum absolute atomic E-state index is 14.2. The van der Waals surface area contributed by atoms with Gasteiger partial charge in [-0.05, 0) is 30.2 Å². The standard InChI is InChI=1S/C26H26F4N8O6/c27-14-4-11(3-13(5-14)26(28,29)30)17(21(31)42)12-6-33-38(7-12)25-35-22(34-15-1-2-43-9-15)18-23(36-25)37(10-32-18)24-20(41)19(40)16(8-39)44-24/h3-7,10,15-17,19-20,24,39-41H,1-2,8-9H2,(H2,31,42)(H,34,35,36)/t15-,16-,17?,19+,20-,24-/m1/s1. The third-order valence-corrected chi connectivity index (χ3v) is 7.48. The number of primary amides is 1. The van der Waals surface area contributed by atoms with E-state index in [4.69, 9.17) is 15.2 Å². The topological polar surface area (TPSA) is 196 Å². The predicted octanol–water partition coefficient (Wildman–Crippen LogP) is 0.599. The van der Waals surface area contributed by atoms with Crippen LogP contribution < -0.4 is 11.1 Å². The van der Waals surface area contributed by atoms with Crippen LogP contribution in [0.4, 0.5) is 23.4 Å². The van der Waals surface area contributed by atoms with Crippen LogP contribution in [0, 0.1) is 5.82 Å². The number of nitrogens with zero attached hydrogens (tertiary/aromatic N) is 6. The summed E-state index contributed by atoms with van der Waals surface area (Å²) in [6.45, 7) is 0.349. The van der Waals surface area contributed by atoms with Crippen LogP contribution in [0.25, 0.3) is 17.1 Å². The molecule has 0 spiro atoms. The molecule has 3 aromatic heterocycles. The minimum atomic E-state index is -4.87. The van der Waals surface area contributed by atoms with Crippen molar-refractivity contribution in [1.29, 1.82) is 0 Å². The summed E-state index contributed by atoms with van der Waals surface area (Å²) in [5.74, 6) is -3.59. The van der Waals surface area contributed by atoms with E-state index in [1.165, 1.54) is 23.3 Å². The number of alkyl halides is 3. The van der Waals surface area contributed by atoms with Crippen LogP contribution >= 0.6 is 0 Å². The second-order valence-electron chi connectivity index (χ2n) is 10.5. The number of carbonyl (C=O) groups is 1. The Bertz CT molecular complexity index is 1690. The van der Waals surface area contributed by atoms with Gasteiger partial charge in [0, 0.05) is 18.4 Å². The number of hydrogen-bond acceptors (Lipinski definition) is 11. The van der Waals surface area contributed by atoms with Crippen LogP contribution in [0.2, 0.25) is 0 Å². The number of anilines is 1. The molecule has 6 N–H and O–H groups in total. The first kappa shape index (κ1) is 29.8. The highest BCUT2D eigenvalue weighted by molar-refractivity contribution is 5.86. The molecule has 5 heterocycles. The summed E-state index contributed by atoms with van der Waals surface area (Å²) < 4.78 is 67.9. The fraction of sp³-hybridized carbons (Fsp3) is 0.423. The number of rotatable bonds is 8. The van der Waals surface area contributed by atoms with Crippen LogP contribution in [0.3, 0.4) is 0 Å². The van der Waals surface area contributed by atoms with Crippen molar-refractivity contribution in [1.82, 2.24) is 29.3 Å². The molecule has 0 saturated carbocycles. The van der Waals surface area contributed by atoms with Crippen LogP contribution in [0.1, 0.15) is 35.3 Å². The molecule has 1 amide bonds. The summed E-state index contributed by atoms with van der Waals surface area (Å²) >= 11 is 0. The molecule has 0 bridgehead atoms. The molecule has 6 atom stereocenters. The van der Waals surface area contributed by atoms with Crippen LogP contribution in [0.5, 0.6) is 0 Å². The molecule has 14 nitrogen and oxygen atoms in total. The Morgan fingerprint density at radius 3 is 2.64 bits per heavy atom. The maximum atomic E-state index is 14.2. The summed E-state index contributed by atoms with van der Waals surface area (Å²) in [4.78, 5) is 25.8.